The summed E-state index contributed by atoms with van der Waals surface area (Å²) >= 11 is 1.88. The average Bonchev–Trinajstić information content (AvgIpc) is 2.59. The average molecular weight is 227 g/mol. The minimum absolute atomic E-state index is 0.596. The van der Waals surface area contributed by atoms with E-state index in [0.717, 1.165) is 18.8 Å². The molecule has 2 nitrogen and oxygen atoms in total. The van der Waals surface area contributed by atoms with Crippen molar-refractivity contribution in [3.63, 3.8) is 0 Å². The van der Waals surface area contributed by atoms with Crippen LogP contribution in [0.1, 0.15) is 32.4 Å². The van der Waals surface area contributed by atoms with Crippen molar-refractivity contribution in [2.45, 2.75) is 43.8 Å². The van der Waals surface area contributed by atoms with Crippen LogP contribution in [0, 0.1) is 6.92 Å². The third-order valence-corrected chi connectivity index (χ3v) is 3.52. The number of hydrogen-bond donors (Lipinski definition) is 1. The maximum Gasteiger partial charge on any atom is 0.114 e. The largest absolute Gasteiger partial charge is 0.468 e. The Kier molecular flexibility index (Phi) is 5.88. The lowest BCUT2D eigenvalue weighted by Crippen LogP contribution is -2.23. The highest BCUT2D eigenvalue weighted by molar-refractivity contribution is 8.00. The molecule has 1 atom stereocenters. The summed E-state index contributed by atoms with van der Waals surface area (Å²) < 4.78 is 5.27. The van der Waals surface area contributed by atoms with E-state index in [1.54, 1.807) is 6.26 Å². The molecule has 0 radical (unpaired) electrons. The SMILES string of the molecule is CCCCNCC(C)Sc1ccoc1C. The van der Waals surface area contributed by atoms with Crippen molar-refractivity contribution in [2.24, 2.45) is 0 Å². The lowest BCUT2D eigenvalue weighted by atomic mass is 10.3. The number of hydrogen-bond acceptors (Lipinski definition) is 3. The normalized spacial score (nSPS) is 13.0. The molecule has 15 heavy (non-hydrogen) atoms. The van der Waals surface area contributed by atoms with Crippen molar-refractivity contribution in [2.75, 3.05) is 13.1 Å². The van der Waals surface area contributed by atoms with Gasteiger partial charge in [0.25, 0.3) is 0 Å². The molecule has 0 spiro atoms. The minimum Gasteiger partial charge on any atom is -0.468 e. The number of furan rings is 1. The van der Waals surface area contributed by atoms with Crippen LogP contribution in [0.15, 0.2) is 21.6 Å². The summed E-state index contributed by atoms with van der Waals surface area (Å²) in [7, 11) is 0. The van der Waals surface area contributed by atoms with Gasteiger partial charge >= 0.3 is 0 Å². The van der Waals surface area contributed by atoms with Gasteiger partial charge in [0.15, 0.2) is 0 Å². The molecule has 1 rings (SSSR count). The van der Waals surface area contributed by atoms with Crippen LogP contribution in [0.3, 0.4) is 0 Å². The molecule has 0 amide bonds. The Labute approximate surface area is 96.8 Å². The summed E-state index contributed by atoms with van der Waals surface area (Å²) in [4.78, 5) is 1.26. The Morgan fingerprint density at radius 2 is 2.33 bits per heavy atom. The van der Waals surface area contributed by atoms with Crippen LogP contribution in [0.25, 0.3) is 0 Å². The topological polar surface area (TPSA) is 25.2 Å². The number of aryl methyl sites for hydroxylation is 1. The van der Waals surface area contributed by atoms with Gasteiger partial charge in [-0.1, -0.05) is 20.3 Å². The first-order chi connectivity index (χ1) is 7.24. The fraction of sp³-hybridized carbons (Fsp3) is 0.667. The fourth-order valence-electron chi connectivity index (χ4n) is 1.36. The highest BCUT2D eigenvalue weighted by atomic mass is 32.2. The van der Waals surface area contributed by atoms with Crippen molar-refractivity contribution in [3.05, 3.63) is 18.1 Å². The van der Waals surface area contributed by atoms with E-state index in [0.29, 0.717) is 5.25 Å². The quantitative estimate of drug-likeness (QED) is 0.570. The first-order valence-electron chi connectivity index (χ1n) is 5.65. The van der Waals surface area contributed by atoms with E-state index in [9.17, 15) is 0 Å². The van der Waals surface area contributed by atoms with Crippen molar-refractivity contribution in [3.8, 4) is 0 Å². The molecule has 1 aromatic heterocycles. The zero-order valence-electron chi connectivity index (χ0n) is 9.88. The van der Waals surface area contributed by atoms with Crippen LogP contribution in [-0.4, -0.2) is 18.3 Å². The van der Waals surface area contributed by atoms with E-state index in [-0.39, 0.29) is 0 Å². The van der Waals surface area contributed by atoms with Gasteiger partial charge in [-0.2, -0.15) is 0 Å². The Morgan fingerprint density at radius 1 is 1.53 bits per heavy atom. The molecule has 0 aliphatic heterocycles. The monoisotopic (exact) mass is 227 g/mol. The second-order valence-corrected chi connectivity index (χ2v) is 5.31. The second-order valence-electron chi connectivity index (χ2n) is 3.83. The molecule has 1 aromatic rings. The van der Waals surface area contributed by atoms with Gasteiger partial charge in [0.1, 0.15) is 5.76 Å². The Hall–Kier alpha value is -0.410. The van der Waals surface area contributed by atoms with E-state index < -0.39 is 0 Å². The molecule has 0 aliphatic carbocycles. The zero-order chi connectivity index (χ0) is 11.1. The number of rotatable bonds is 7. The molecule has 1 heterocycles. The molecule has 1 unspecified atom stereocenters. The van der Waals surface area contributed by atoms with Gasteiger partial charge in [-0.25, -0.2) is 0 Å². The summed E-state index contributed by atoms with van der Waals surface area (Å²) in [6.07, 6.45) is 4.28. The molecule has 0 saturated heterocycles. The van der Waals surface area contributed by atoms with Gasteiger partial charge < -0.3 is 9.73 Å². The van der Waals surface area contributed by atoms with Crippen LogP contribution in [0.5, 0.6) is 0 Å². The summed E-state index contributed by atoms with van der Waals surface area (Å²) in [6.45, 7) is 8.67. The van der Waals surface area contributed by atoms with Gasteiger partial charge in [-0.15, -0.1) is 11.8 Å². The van der Waals surface area contributed by atoms with E-state index in [1.165, 1.54) is 17.7 Å². The smallest absolute Gasteiger partial charge is 0.114 e. The molecule has 1 N–H and O–H groups in total. The van der Waals surface area contributed by atoms with Gasteiger partial charge in [0.2, 0.25) is 0 Å². The summed E-state index contributed by atoms with van der Waals surface area (Å²) in [5.74, 6) is 1.03. The molecule has 0 fully saturated rings. The van der Waals surface area contributed by atoms with E-state index in [1.807, 2.05) is 24.8 Å². The molecule has 0 saturated carbocycles. The number of nitrogens with one attached hydrogen (secondary N) is 1. The second kappa shape index (κ2) is 6.96. The standard InChI is InChI=1S/C12H21NOS/c1-4-5-7-13-9-10(2)15-12-6-8-14-11(12)3/h6,8,10,13H,4-5,7,9H2,1-3H3. The summed E-state index contributed by atoms with van der Waals surface area (Å²) in [6, 6.07) is 2.04. The van der Waals surface area contributed by atoms with Gasteiger partial charge in [0, 0.05) is 16.7 Å². The molecule has 0 aliphatic rings. The Morgan fingerprint density at radius 3 is 2.93 bits per heavy atom. The third-order valence-electron chi connectivity index (χ3n) is 2.28. The Balaban J connectivity index is 2.18. The van der Waals surface area contributed by atoms with Crippen molar-refractivity contribution in [1.82, 2.24) is 5.32 Å². The molecule has 0 aromatic carbocycles. The first-order valence-corrected chi connectivity index (χ1v) is 6.53. The molecule has 0 bridgehead atoms. The lowest BCUT2D eigenvalue weighted by Gasteiger charge is -2.11. The van der Waals surface area contributed by atoms with E-state index >= 15 is 0 Å². The van der Waals surface area contributed by atoms with Crippen LogP contribution < -0.4 is 5.32 Å². The van der Waals surface area contributed by atoms with Crippen molar-refractivity contribution < 1.29 is 4.42 Å². The van der Waals surface area contributed by atoms with Crippen LogP contribution >= 0.6 is 11.8 Å². The van der Waals surface area contributed by atoms with Crippen LogP contribution in [0.4, 0.5) is 0 Å². The molecular weight excluding hydrogens is 206 g/mol. The summed E-state index contributed by atoms with van der Waals surface area (Å²) in [5, 5.41) is 4.06. The lowest BCUT2D eigenvalue weighted by molar-refractivity contribution is 0.526. The maximum absolute atomic E-state index is 5.27. The zero-order valence-corrected chi connectivity index (χ0v) is 10.7. The van der Waals surface area contributed by atoms with E-state index in [4.69, 9.17) is 4.42 Å². The number of thioether (sulfide) groups is 1. The first kappa shape index (κ1) is 12.7. The predicted octanol–water partition coefficient (Wildman–Crippen LogP) is 3.46. The Bertz CT molecular complexity index is 272. The highest BCUT2D eigenvalue weighted by Crippen LogP contribution is 2.26. The predicted molar refractivity (Wildman–Crippen MR) is 66.5 cm³/mol. The number of unbranched alkanes of at least 4 members (excludes halogenated alkanes) is 1. The maximum atomic E-state index is 5.27. The highest BCUT2D eigenvalue weighted by Gasteiger charge is 2.07. The third kappa shape index (κ3) is 4.76. The molecular formula is C12H21NOS. The fourth-order valence-corrected chi connectivity index (χ4v) is 2.34. The van der Waals surface area contributed by atoms with E-state index in [2.05, 4.69) is 19.2 Å². The molecule has 3 heteroatoms. The van der Waals surface area contributed by atoms with Gasteiger partial charge in [0.05, 0.1) is 6.26 Å². The van der Waals surface area contributed by atoms with Crippen molar-refractivity contribution in [1.29, 1.82) is 0 Å². The molecule has 86 valence electrons. The minimum atomic E-state index is 0.596. The van der Waals surface area contributed by atoms with Crippen molar-refractivity contribution >= 4 is 11.8 Å². The summed E-state index contributed by atoms with van der Waals surface area (Å²) in [5.41, 5.74) is 0. The van der Waals surface area contributed by atoms with Gasteiger partial charge in [-0.3, -0.25) is 0 Å². The van der Waals surface area contributed by atoms with Crippen LogP contribution in [0.2, 0.25) is 0 Å². The van der Waals surface area contributed by atoms with Crippen LogP contribution in [-0.2, 0) is 0 Å². The van der Waals surface area contributed by atoms with Gasteiger partial charge in [-0.05, 0) is 26.0 Å².